The summed E-state index contributed by atoms with van der Waals surface area (Å²) in [4.78, 5) is 26.9. The van der Waals surface area contributed by atoms with Crippen LogP contribution in [-0.4, -0.2) is 60.4 Å². The minimum atomic E-state index is 0.107. The highest BCUT2D eigenvalue weighted by atomic mass is 16.2. The highest BCUT2D eigenvalue weighted by Crippen LogP contribution is 2.18. The third-order valence-corrected chi connectivity index (χ3v) is 3.41. The Balaban J connectivity index is 1.76. The van der Waals surface area contributed by atoms with Crippen molar-refractivity contribution in [2.24, 2.45) is 0 Å². The summed E-state index contributed by atoms with van der Waals surface area (Å²) in [6, 6.07) is 0.569. The molecule has 96 valence electrons. The number of carbonyl (C=O) groups excluding carboxylic acids is 2. The van der Waals surface area contributed by atoms with Gasteiger partial charge in [-0.25, -0.2) is 0 Å². The Bertz CT molecular complexity index is 302. The van der Waals surface area contributed by atoms with Crippen LogP contribution >= 0.6 is 0 Å². The van der Waals surface area contributed by atoms with E-state index in [1.54, 1.807) is 6.92 Å². The van der Waals surface area contributed by atoms with Gasteiger partial charge < -0.3 is 15.1 Å². The van der Waals surface area contributed by atoms with Crippen molar-refractivity contribution in [1.82, 2.24) is 15.1 Å². The minimum absolute atomic E-state index is 0.107. The average molecular weight is 239 g/mol. The molecule has 0 unspecified atom stereocenters. The predicted molar refractivity (Wildman–Crippen MR) is 64.5 cm³/mol. The molecule has 1 N–H and O–H groups in total. The molecule has 0 radical (unpaired) electrons. The van der Waals surface area contributed by atoms with E-state index in [1.165, 1.54) is 12.8 Å². The molecule has 0 spiro atoms. The summed E-state index contributed by atoms with van der Waals surface area (Å²) < 4.78 is 0. The largest absolute Gasteiger partial charge is 0.341 e. The molecule has 2 fully saturated rings. The summed E-state index contributed by atoms with van der Waals surface area (Å²) in [7, 11) is 0. The first-order valence-corrected chi connectivity index (χ1v) is 6.43. The second kappa shape index (κ2) is 5.49. The zero-order chi connectivity index (χ0) is 12.3. The lowest BCUT2D eigenvalue weighted by molar-refractivity contribution is -0.132. The van der Waals surface area contributed by atoms with Crippen molar-refractivity contribution in [2.75, 3.05) is 32.7 Å². The number of nitrogens with one attached hydrogen (secondary N) is 1. The van der Waals surface area contributed by atoms with Crippen molar-refractivity contribution in [3.8, 4) is 0 Å². The van der Waals surface area contributed by atoms with Crippen LogP contribution in [-0.2, 0) is 9.59 Å². The Morgan fingerprint density at radius 2 is 1.76 bits per heavy atom. The molecule has 1 saturated carbocycles. The Hall–Kier alpha value is -1.10. The van der Waals surface area contributed by atoms with E-state index in [1.807, 2.05) is 9.80 Å². The van der Waals surface area contributed by atoms with Gasteiger partial charge in [-0.2, -0.15) is 0 Å². The van der Waals surface area contributed by atoms with Crippen LogP contribution in [0.3, 0.4) is 0 Å². The van der Waals surface area contributed by atoms with Crippen molar-refractivity contribution in [2.45, 2.75) is 32.2 Å². The topological polar surface area (TPSA) is 52.7 Å². The van der Waals surface area contributed by atoms with Gasteiger partial charge in [-0.3, -0.25) is 9.59 Å². The van der Waals surface area contributed by atoms with Crippen LogP contribution in [0.25, 0.3) is 0 Å². The Kier molecular flexibility index (Phi) is 3.99. The summed E-state index contributed by atoms with van der Waals surface area (Å²) in [5.74, 6) is 0.276. The van der Waals surface area contributed by atoms with Crippen LogP contribution in [0.15, 0.2) is 0 Å². The molecule has 17 heavy (non-hydrogen) atoms. The SMILES string of the molecule is CC(=O)N1CCCN(C(=O)CNC2CC2)CC1. The number of rotatable bonds is 3. The monoisotopic (exact) mass is 239 g/mol. The highest BCUT2D eigenvalue weighted by molar-refractivity contribution is 5.78. The fourth-order valence-electron chi connectivity index (χ4n) is 2.11. The van der Waals surface area contributed by atoms with Gasteiger partial charge in [0, 0.05) is 39.1 Å². The van der Waals surface area contributed by atoms with E-state index in [0.29, 0.717) is 25.7 Å². The number of nitrogens with zero attached hydrogens (tertiary/aromatic N) is 2. The van der Waals surface area contributed by atoms with Gasteiger partial charge in [0.2, 0.25) is 11.8 Å². The van der Waals surface area contributed by atoms with E-state index >= 15 is 0 Å². The van der Waals surface area contributed by atoms with Crippen LogP contribution in [0, 0.1) is 0 Å². The molecule has 0 atom stereocenters. The maximum absolute atomic E-state index is 11.9. The van der Waals surface area contributed by atoms with E-state index in [-0.39, 0.29) is 11.8 Å². The van der Waals surface area contributed by atoms with Gasteiger partial charge in [-0.1, -0.05) is 0 Å². The molecule has 2 amide bonds. The molecule has 1 saturated heterocycles. The maximum atomic E-state index is 11.9. The van der Waals surface area contributed by atoms with Crippen LogP contribution in [0.5, 0.6) is 0 Å². The maximum Gasteiger partial charge on any atom is 0.236 e. The first kappa shape index (κ1) is 12.4. The molecular formula is C12H21N3O2. The Labute approximate surface area is 102 Å². The van der Waals surface area contributed by atoms with E-state index in [9.17, 15) is 9.59 Å². The summed E-state index contributed by atoms with van der Waals surface area (Å²) in [6.07, 6.45) is 3.28. The van der Waals surface area contributed by atoms with Crippen LogP contribution in [0.4, 0.5) is 0 Å². The lowest BCUT2D eigenvalue weighted by atomic mass is 10.3. The number of hydrogen-bond acceptors (Lipinski definition) is 3. The van der Waals surface area contributed by atoms with Gasteiger partial charge >= 0.3 is 0 Å². The Morgan fingerprint density at radius 3 is 2.41 bits per heavy atom. The zero-order valence-corrected chi connectivity index (χ0v) is 10.4. The summed E-state index contributed by atoms with van der Waals surface area (Å²) in [5.41, 5.74) is 0. The first-order valence-electron chi connectivity index (χ1n) is 6.43. The molecular weight excluding hydrogens is 218 g/mol. The number of carbonyl (C=O) groups is 2. The van der Waals surface area contributed by atoms with Crippen molar-refractivity contribution < 1.29 is 9.59 Å². The quantitative estimate of drug-likeness (QED) is 0.743. The minimum Gasteiger partial charge on any atom is -0.341 e. The van der Waals surface area contributed by atoms with Gasteiger partial charge in [0.25, 0.3) is 0 Å². The molecule has 0 aromatic rings. The third-order valence-electron chi connectivity index (χ3n) is 3.41. The van der Waals surface area contributed by atoms with Crippen LogP contribution < -0.4 is 5.32 Å². The highest BCUT2D eigenvalue weighted by Gasteiger charge is 2.24. The standard InChI is InChI=1S/C12H21N3O2/c1-10(16)14-5-2-6-15(8-7-14)12(17)9-13-11-3-4-11/h11,13H,2-9H2,1H3. The van der Waals surface area contributed by atoms with Gasteiger partial charge in [0.05, 0.1) is 6.54 Å². The van der Waals surface area contributed by atoms with Crippen molar-refractivity contribution >= 4 is 11.8 Å². The molecule has 0 bridgehead atoms. The second-order valence-electron chi connectivity index (χ2n) is 4.90. The molecule has 2 aliphatic rings. The van der Waals surface area contributed by atoms with Crippen LogP contribution in [0.2, 0.25) is 0 Å². The fourth-order valence-corrected chi connectivity index (χ4v) is 2.11. The summed E-state index contributed by atoms with van der Waals surface area (Å²) in [6.45, 7) is 4.93. The number of hydrogen-bond donors (Lipinski definition) is 1. The van der Waals surface area contributed by atoms with E-state index < -0.39 is 0 Å². The first-order chi connectivity index (χ1) is 8.16. The molecule has 0 aromatic carbocycles. The van der Waals surface area contributed by atoms with Gasteiger partial charge in [0.1, 0.15) is 0 Å². The third kappa shape index (κ3) is 3.70. The fraction of sp³-hybridized carbons (Fsp3) is 0.833. The molecule has 1 heterocycles. The molecule has 1 aliphatic heterocycles. The molecule has 0 aromatic heterocycles. The van der Waals surface area contributed by atoms with E-state index in [2.05, 4.69) is 5.32 Å². The number of amides is 2. The second-order valence-corrected chi connectivity index (χ2v) is 4.90. The Morgan fingerprint density at radius 1 is 1.12 bits per heavy atom. The van der Waals surface area contributed by atoms with Crippen LogP contribution in [0.1, 0.15) is 26.2 Å². The summed E-state index contributed by atoms with van der Waals surface area (Å²) in [5, 5.41) is 3.24. The van der Waals surface area contributed by atoms with Gasteiger partial charge in [-0.15, -0.1) is 0 Å². The zero-order valence-electron chi connectivity index (χ0n) is 10.4. The normalized spacial score (nSPS) is 21.2. The van der Waals surface area contributed by atoms with Gasteiger partial charge in [0.15, 0.2) is 0 Å². The van der Waals surface area contributed by atoms with Gasteiger partial charge in [-0.05, 0) is 19.3 Å². The van der Waals surface area contributed by atoms with Crippen molar-refractivity contribution in [3.05, 3.63) is 0 Å². The average Bonchev–Trinajstić information content (AvgIpc) is 3.12. The predicted octanol–water partition coefficient (Wildman–Crippen LogP) is -0.181. The van der Waals surface area contributed by atoms with Crippen molar-refractivity contribution in [1.29, 1.82) is 0 Å². The van der Waals surface area contributed by atoms with E-state index in [0.717, 1.165) is 19.5 Å². The smallest absolute Gasteiger partial charge is 0.236 e. The van der Waals surface area contributed by atoms with Crippen molar-refractivity contribution in [3.63, 3.8) is 0 Å². The molecule has 2 rings (SSSR count). The lowest BCUT2D eigenvalue weighted by Gasteiger charge is -2.21. The van der Waals surface area contributed by atoms with E-state index in [4.69, 9.17) is 0 Å². The lowest BCUT2D eigenvalue weighted by Crippen LogP contribution is -2.41. The molecule has 1 aliphatic carbocycles. The summed E-state index contributed by atoms with van der Waals surface area (Å²) >= 11 is 0. The molecule has 5 heteroatoms. The molecule has 5 nitrogen and oxygen atoms in total.